The molecule has 0 spiro atoms. The summed E-state index contributed by atoms with van der Waals surface area (Å²) < 4.78 is 25.0. The predicted molar refractivity (Wildman–Crippen MR) is 51.3 cm³/mol. The van der Waals surface area contributed by atoms with Gasteiger partial charge in [0, 0.05) is 16.6 Å². The summed E-state index contributed by atoms with van der Waals surface area (Å²) in [6, 6.07) is 3.38. The third-order valence-electron chi connectivity index (χ3n) is 1.75. The largest absolute Gasteiger partial charge is 0.280 e. The number of nitriles is 1. The van der Waals surface area contributed by atoms with Crippen molar-refractivity contribution in [3.63, 3.8) is 0 Å². The maximum absolute atomic E-state index is 12.5. The van der Waals surface area contributed by atoms with Gasteiger partial charge in [0.2, 0.25) is 0 Å². The second-order valence-corrected chi connectivity index (χ2v) is 3.28. The lowest BCUT2D eigenvalue weighted by Crippen LogP contribution is -2.01. The number of aryl methyl sites for hydroxylation is 1. The van der Waals surface area contributed by atoms with Crippen LogP contribution in [0.2, 0.25) is 0 Å². The van der Waals surface area contributed by atoms with E-state index >= 15 is 0 Å². The zero-order valence-electron chi connectivity index (χ0n) is 7.39. The van der Waals surface area contributed by atoms with E-state index in [1.54, 1.807) is 6.92 Å². The van der Waals surface area contributed by atoms with E-state index in [1.807, 2.05) is 6.07 Å². The van der Waals surface area contributed by atoms with Crippen LogP contribution in [0.25, 0.3) is 0 Å². The molecule has 0 unspecified atom stereocenters. The molecule has 0 saturated heterocycles. The Hall–Kier alpha value is -1.02. The van der Waals surface area contributed by atoms with Gasteiger partial charge in [-0.15, -0.1) is 0 Å². The lowest BCUT2D eigenvalue weighted by Gasteiger charge is -2.08. The lowest BCUT2D eigenvalue weighted by atomic mass is 10.1. The summed E-state index contributed by atoms with van der Waals surface area (Å²) in [5, 5.41) is 8.95. The molecular formula is C9H7BrF2N2. The monoisotopic (exact) mass is 260 g/mol. The summed E-state index contributed by atoms with van der Waals surface area (Å²) >= 11 is 3.07. The molecule has 0 N–H and O–H groups in total. The average molecular weight is 261 g/mol. The topological polar surface area (TPSA) is 36.7 Å². The molecule has 0 saturated carbocycles. The van der Waals surface area contributed by atoms with Crippen molar-refractivity contribution in [2.24, 2.45) is 0 Å². The van der Waals surface area contributed by atoms with Gasteiger partial charge in [0.1, 0.15) is 5.69 Å². The van der Waals surface area contributed by atoms with Crippen LogP contribution in [0.1, 0.15) is 28.9 Å². The standard InChI is InChI=1S/C9H7BrF2N2/c1-5-2-6(4-13)7(3-10)8(14-5)9(11)12/h2,9H,3H2,1H3. The minimum atomic E-state index is -2.64. The van der Waals surface area contributed by atoms with E-state index in [2.05, 4.69) is 20.9 Å². The minimum absolute atomic E-state index is 0.211. The van der Waals surface area contributed by atoms with Gasteiger partial charge in [0.15, 0.2) is 0 Å². The zero-order chi connectivity index (χ0) is 10.7. The van der Waals surface area contributed by atoms with Gasteiger partial charge in [-0.05, 0) is 13.0 Å². The number of pyridine rings is 1. The van der Waals surface area contributed by atoms with Crippen LogP contribution < -0.4 is 0 Å². The van der Waals surface area contributed by atoms with Crippen LogP contribution in [0, 0.1) is 18.3 Å². The lowest BCUT2D eigenvalue weighted by molar-refractivity contribution is 0.145. The molecule has 0 aliphatic heterocycles. The molecule has 0 fully saturated rings. The van der Waals surface area contributed by atoms with Gasteiger partial charge >= 0.3 is 0 Å². The fourth-order valence-electron chi connectivity index (χ4n) is 1.14. The summed E-state index contributed by atoms with van der Waals surface area (Å²) in [4.78, 5) is 3.72. The normalized spacial score (nSPS) is 10.3. The Kier molecular flexibility index (Phi) is 3.53. The molecule has 0 radical (unpaired) electrons. The summed E-state index contributed by atoms with van der Waals surface area (Å²) in [7, 11) is 0. The third kappa shape index (κ3) is 2.07. The summed E-state index contributed by atoms with van der Waals surface area (Å²) in [6.07, 6.45) is -2.64. The van der Waals surface area contributed by atoms with Gasteiger partial charge in [0.25, 0.3) is 6.43 Å². The smallest absolute Gasteiger partial charge is 0.252 e. The van der Waals surface area contributed by atoms with Gasteiger partial charge in [-0.2, -0.15) is 5.26 Å². The number of rotatable bonds is 2. The minimum Gasteiger partial charge on any atom is -0.252 e. The molecule has 0 aliphatic carbocycles. The first-order chi connectivity index (χ1) is 6.60. The molecule has 0 amide bonds. The van der Waals surface area contributed by atoms with E-state index in [4.69, 9.17) is 5.26 Å². The van der Waals surface area contributed by atoms with Crippen LogP contribution in [-0.2, 0) is 5.33 Å². The number of aromatic nitrogens is 1. The van der Waals surface area contributed by atoms with E-state index in [1.165, 1.54) is 6.07 Å². The van der Waals surface area contributed by atoms with Crippen molar-refractivity contribution in [2.45, 2.75) is 18.7 Å². The number of hydrogen-bond donors (Lipinski definition) is 0. The molecule has 1 rings (SSSR count). The SMILES string of the molecule is Cc1cc(C#N)c(CBr)c(C(F)F)n1. The van der Waals surface area contributed by atoms with Crippen LogP contribution in [0.15, 0.2) is 6.07 Å². The van der Waals surface area contributed by atoms with E-state index in [0.29, 0.717) is 5.69 Å². The fraction of sp³-hybridized carbons (Fsp3) is 0.333. The Labute approximate surface area is 88.7 Å². The first kappa shape index (κ1) is 11.1. The highest BCUT2D eigenvalue weighted by molar-refractivity contribution is 9.08. The Bertz CT molecular complexity index is 385. The van der Waals surface area contributed by atoms with Crippen molar-refractivity contribution >= 4 is 15.9 Å². The Morgan fingerprint density at radius 3 is 2.71 bits per heavy atom. The third-order valence-corrected chi connectivity index (χ3v) is 2.31. The van der Waals surface area contributed by atoms with Gasteiger partial charge < -0.3 is 0 Å². The highest BCUT2D eigenvalue weighted by Crippen LogP contribution is 2.25. The predicted octanol–water partition coefficient (Wildman–Crippen LogP) is 3.09. The van der Waals surface area contributed by atoms with Crippen LogP contribution in [0.5, 0.6) is 0 Å². The summed E-state index contributed by atoms with van der Waals surface area (Å²) in [5.74, 6) is 0. The molecule has 0 bridgehead atoms. The van der Waals surface area contributed by atoms with Crippen LogP contribution in [0.3, 0.4) is 0 Å². The molecule has 74 valence electrons. The second kappa shape index (κ2) is 4.47. The molecule has 14 heavy (non-hydrogen) atoms. The van der Waals surface area contributed by atoms with Crippen molar-refractivity contribution in [2.75, 3.05) is 0 Å². The number of hydrogen-bond acceptors (Lipinski definition) is 2. The van der Waals surface area contributed by atoms with Crippen molar-refractivity contribution in [3.8, 4) is 6.07 Å². The maximum atomic E-state index is 12.5. The first-order valence-electron chi connectivity index (χ1n) is 3.84. The maximum Gasteiger partial charge on any atom is 0.280 e. The van der Waals surface area contributed by atoms with Crippen molar-refractivity contribution in [3.05, 3.63) is 28.6 Å². The first-order valence-corrected chi connectivity index (χ1v) is 4.97. The molecule has 1 heterocycles. The van der Waals surface area contributed by atoms with Crippen LogP contribution in [0.4, 0.5) is 8.78 Å². The highest BCUT2D eigenvalue weighted by atomic mass is 79.9. The van der Waals surface area contributed by atoms with Crippen LogP contribution in [-0.4, -0.2) is 4.98 Å². The molecule has 0 aliphatic rings. The van der Waals surface area contributed by atoms with E-state index < -0.39 is 6.43 Å². The molecule has 2 nitrogen and oxygen atoms in total. The van der Waals surface area contributed by atoms with Gasteiger partial charge in [0.05, 0.1) is 11.6 Å². The van der Waals surface area contributed by atoms with Gasteiger partial charge in [-0.3, -0.25) is 4.98 Å². The molecule has 0 aromatic carbocycles. The number of alkyl halides is 3. The molecule has 1 aromatic heterocycles. The molecule has 1 aromatic rings. The molecule has 0 atom stereocenters. The molecular weight excluding hydrogens is 254 g/mol. The van der Waals surface area contributed by atoms with Crippen molar-refractivity contribution in [1.82, 2.24) is 4.98 Å². The molecule has 5 heteroatoms. The van der Waals surface area contributed by atoms with E-state index in [0.717, 1.165) is 0 Å². The Balaban J connectivity index is 3.41. The Morgan fingerprint density at radius 1 is 1.64 bits per heavy atom. The van der Waals surface area contributed by atoms with E-state index in [9.17, 15) is 8.78 Å². The average Bonchev–Trinajstić information content (AvgIpc) is 2.16. The van der Waals surface area contributed by atoms with Crippen molar-refractivity contribution in [1.29, 1.82) is 5.26 Å². The second-order valence-electron chi connectivity index (χ2n) is 2.72. The number of nitrogens with zero attached hydrogens (tertiary/aromatic N) is 2. The summed E-state index contributed by atoms with van der Waals surface area (Å²) in [6.45, 7) is 1.59. The Morgan fingerprint density at radius 2 is 2.29 bits per heavy atom. The summed E-state index contributed by atoms with van der Waals surface area (Å²) in [5.41, 5.74) is 0.651. The van der Waals surface area contributed by atoms with Crippen LogP contribution >= 0.6 is 15.9 Å². The van der Waals surface area contributed by atoms with Gasteiger partial charge in [-0.25, -0.2) is 8.78 Å². The highest BCUT2D eigenvalue weighted by Gasteiger charge is 2.17. The van der Waals surface area contributed by atoms with Crippen molar-refractivity contribution < 1.29 is 8.78 Å². The fourth-order valence-corrected chi connectivity index (χ4v) is 1.73. The number of halogens is 3. The quantitative estimate of drug-likeness (QED) is 0.767. The van der Waals surface area contributed by atoms with E-state index in [-0.39, 0.29) is 22.2 Å². The van der Waals surface area contributed by atoms with Gasteiger partial charge in [-0.1, -0.05) is 15.9 Å². The zero-order valence-corrected chi connectivity index (χ0v) is 8.98.